The average Bonchev–Trinajstić information content (AvgIpc) is 2.78. The van der Waals surface area contributed by atoms with E-state index in [9.17, 15) is 9.18 Å². The number of hydrogen-bond donors (Lipinski definition) is 2. The highest BCUT2D eigenvalue weighted by Gasteiger charge is 2.15. The van der Waals surface area contributed by atoms with Gasteiger partial charge in [0.15, 0.2) is 0 Å². The first-order valence-electron chi connectivity index (χ1n) is 6.06. The van der Waals surface area contributed by atoms with Crippen LogP contribution in [-0.2, 0) is 0 Å². The van der Waals surface area contributed by atoms with E-state index in [-0.39, 0.29) is 18.0 Å². The van der Waals surface area contributed by atoms with Gasteiger partial charge in [0.05, 0.1) is 17.1 Å². The Morgan fingerprint density at radius 3 is 2.86 bits per heavy atom. The number of anilines is 1. The minimum atomic E-state index is -0.512. The number of nitrogens with two attached hydrogens (primary N) is 1. The minimum Gasteiger partial charge on any atom is -0.321 e. The number of benzene rings is 1. The number of carbonyl (C=O) groups is 1. The molecule has 0 aliphatic heterocycles. The molecule has 0 saturated heterocycles. The van der Waals surface area contributed by atoms with Crippen LogP contribution in [0.25, 0.3) is 0 Å². The van der Waals surface area contributed by atoms with Crippen LogP contribution >= 0.6 is 22.9 Å². The summed E-state index contributed by atoms with van der Waals surface area (Å²) in [6.07, 6.45) is 0. The normalized spacial score (nSPS) is 9.90. The molecule has 1 heterocycles. The van der Waals surface area contributed by atoms with Gasteiger partial charge in [-0.3, -0.25) is 4.79 Å². The van der Waals surface area contributed by atoms with E-state index >= 15 is 0 Å². The number of hydrogen-bond acceptors (Lipinski definition) is 3. The zero-order valence-electron chi connectivity index (χ0n) is 11.2. The smallest absolute Gasteiger partial charge is 0.267 e. The van der Waals surface area contributed by atoms with Crippen LogP contribution in [0.2, 0.25) is 5.02 Å². The Balaban J connectivity index is 2.19. The number of halogens is 2. The molecule has 0 unspecified atom stereocenters. The maximum Gasteiger partial charge on any atom is 0.267 e. The molecular weight excluding hydrogens is 311 g/mol. The van der Waals surface area contributed by atoms with E-state index in [1.165, 1.54) is 23.5 Å². The van der Waals surface area contributed by atoms with Gasteiger partial charge in [-0.05, 0) is 36.1 Å². The molecule has 3 nitrogen and oxygen atoms in total. The number of nitrogens with one attached hydrogen (secondary N) is 1. The maximum absolute atomic E-state index is 13.8. The van der Waals surface area contributed by atoms with Crippen molar-refractivity contribution in [3.05, 3.63) is 50.4 Å². The van der Waals surface area contributed by atoms with Crippen LogP contribution in [0.1, 0.15) is 20.8 Å². The van der Waals surface area contributed by atoms with E-state index in [2.05, 4.69) is 17.2 Å². The topological polar surface area (TPSA) is 55.1 Å². The summed E-state index contributed by atoms with van der Waals surface area (Å²) in [5.74, 6) is 4.32. The summed E-state index contributed by atoms with van der Waals surface area (Å²) in [5.41, 5.74) is 6.66. The van der Waals surface area contributed by atoms with Gasteiger partial charge in [0.2, 0.25) is 0 Å². The van der Waals surface area contributed by atoms with Gasteiger partial charge in [-0.25, -0.2) is 4.39 Å². The standard InChI is InChI=1S/C15H12ClFN2OS/c1-9-8-21-14(13(9)16)15(20)19-11-5-4-10(3-2-6-18)12(17)7-11/h4-5,7-8H,6,18H2,1H3,(H,19,20). The molecule has 1 aromatic heterocycles. The van der Waals surface area contributed by atoms with Crippen LogP contribution in [0.4, 0.5) is 10.1 Å². The highest BCUT2D eigenvalue weighted by atomic mass is 35.5. The zero-order valence-corrected chi connectivity index (χ0v) is 12.7. The van der Waals surface area contributed by atoms with Crippen molar-refractivity contribution in [3.63, 3.8) is 0 Å². The molecule has 0 bridgehead atoms. The summed E-state index contributed by atoms with van der Waals surface area (Å²) in [7, 11) is 0. The van der Waals surface area contributed by atoms with Gasteiger partial charge in [0.25, 0.3) is 5.91 Å². The molecule has 0 aliphatic rings. The molecule has 1 aromatic carbocycles. The van der Waals surface area contributed by atoms with Gasteiger partial charge >= 0.3 is 0 Å². The Morgan fingerprint density at radius 2 is 2.29 bits per heavy atom. The predicted octanol–water partition coefficient (Wildman–Crippen LogP) is 3.41. The van der Waals surface area contributed by atoms with Crippen LogP contribution < -0.4 is 11.1 Å². The fourth-order valence-electron chi connectivity index (χ4n) is 1.61. The van der Waals surface area contributed by atoms with Gasteiger partial charge in [-0.2, -0.15) is 0 Å². The predicted molar refractivity (Wildman–Crippen MR) is 84.4 cm³/mol. The van der Waals surface area contributed by atoms with Gasteiger partial charge < -0.3 is 11.1 Å². The third-order valence-corrected chi connectivity index (χ3v) is 4.35. The molecule has 0 fully saturated rings. The lowest BCUT2D eigenvalue weighted by Gasteiger charge is -2.05. The van der Waals surface area contributed by atoms with E-state index in [1.807, 2.05) is 6.92 Å². The first-order valence-corrected chi connectivity index (χ1v) is 7.32. The summed E-state index contributed by atoms with van der Waals surface area (Å²) in [4.78, 5) is 12.5. The molecule has 1 amide bonds. The Kier molecular flexibility index (Phi) is 4.97. The second kappa shape index (κ2) is 6.72. The third kappa shape index (κ3) is 3.61. The lowest BCUT2D eigenvalue weighted by Crippen LogP contribution is -2.11. The molecule has 2 rings (SSSR count). The molecule has 21 heavy (non-hydrogen) atoms. The van der Waals surface area contributed by atoms with E-state index in [4.69, 9.17) is 17.3 Å². The van der Waals surface area contributed by atoms with Crippen molar-refractivity contribution in [2.45, 2.75) is 6.92 Å². The Bertz CT molecular complexity index is 746. The Hall–Kier alpha value is -1.87. The molecule has 6 heteroatoms. The van der Waals surface area contributed by atoms with Crippen molar-refractivity contribution in [2.24, 2.45) is 5.73 Å². The van der Waals surface area contributed by atoms with Gasteiger partial charge in [-0.15, -0.1) is 11.3 Å². The number of carbonyl (C=O) groups excluding carboxylic acids is 1. The van der Waals surface area contributed by atoms with Crippen molar-refractivity contribution >= 4 is 34.5 Å². The zero-order chi connectivity index (χ0) is 15.4. The summed E-state index contributed by atoms with van der Waals surface area (Å²) in [6.45, 7) is 1.98. The van der Waals surface area contributed by atoms with E-state index in [1.54, 1.807) is 11.4 Å². The average molecular weight is 323 g/mol. The van der Waals surface area contributed by atoms with E-state index < -0.39 is 5.82 Å². The number of aryl methyl sites for hydroxylation is 1. The highest BCUT2D eigenvalue weighted by Crippen LogP contribution is 2.28. The van der Waals surface area contributed by atoms with Crippen molar-refractivity contribution < 1.29 is 9.18 Å². The molecule has 0 atom stereocenters. The first kappa shape index (κ1) is 15.5. The molecule has 2 aromatic rings. The largest absolute Gasteiger partial charge is 0.321 e. The lowest BCUT2D eigenvalue weighted by atomic mass is 10.2. The number of rotatable bonds is 2. The van der Waals surface area contributed by atoms with Crippen LogP contribution in [0.5, 0.6) is 0 Å². The SMILES string of the molecule is Cc1csc(C(=O)Nc2ccc(C#CCN)c(F)c2)c1Cl. The highest BCUT2D eigenvalue weighted by molar-refractivity contribution is 7.13. The third-order valence-electron chi connectivity index (χ3n) is 2.66. The van der Waals surface area contributed by atoms with Crippen LogP contribution in [0.3, 0.4) is 0 Å². The molecule has 108 valence electrons. The quantitative estimate of drug-likeness (QED) is 0.832. The monoisotopic (exact) mass is 322 g/mol. The number of amides is 1. The summed E-state index contributed by atoms with van der Waals surface area (Å²) < 4.78 is 13.8. The van der Waals surface area contributed by atoms with Crippen LogP contribution in [0, 0.1) is 24.6 Å². The second-order valence-electron chi connectivity index (χ2n) is 4.22. The maximum atomic E-state index is 13.8. The van der Waals surface area contributed by atoms with Crippen molar-refractivity contribution in [1.29, 1.82) is 0 Å². The van der Waals surface area contributed by atoms with Gasteiger partial charge in [0, 0.05) is 5.69 Å². The summed E-state index contributed by atoms with van der Waals surface area (Å²) in [6, 6.07) is 4.29. The Morgan fingerprint density at radius 1 is 1.52 bits per heavy atom. The molecule has 0 spiro atoms. The van der Waals surface area contributed by atoms with Crippen molar-refractivity contribution in [1.82, 2.24) is 0 Å². The molecule has 3 N–H and O–H groups in total. The van der Waals surface area contributed by atoms with Crippen molar-refractivity contribution in [2.75, 3.05) is 11.9 Å². The van der Waals surface area contributed by atoms with Crippen molar-refractivity contribution in [3.8, 4) is 11.8 Å². The molecular formula is C15H12ClFN2OS. The lowest BCUT2D eigenvalue weighted by molar-refractivity contribution is 0.103. The number of thiophene rings is 1. The van der Waals surface area contributed by atoms with Gasteiger partial charge in [-0.1, -0.05) is 23.4 Å². The summed E-state index contributed by atoms with van der Waals surface area (Å²) in [5, 5.41) is 4.83. The fourth-order valence-corrected chi connectivity index (χ4v) is 2.79. The molecule has 0 saturated carbocycles. The van der Waals surface area contributed by atoms with E-state index in [0.29, 0.717) is 15.6 Å². The Labute approximate surface area is 130 Å². The molecule has 0 aliphatic carbocycles. The minimum absolute atomic E-state index is 0.161. The fraction of sp³-hybridized carbons (Fsp3) is 0.133. The van der Waals surface area contributed by atoms with Crippen LogP contribution in [0.15, 0.2) is 23.6 Å². The molecule has 0 radical (unpaired) electrons. The van der Waals surface area contributed by atoms with Gasteiger partial charge in [0.1, 0.15) is 10.7 Å². The second-order valence-corrected chi connectivity index (χ2v) is 5.47. The van der Waals surface area contributed by atoms with E-state index in [0.717, 1.165) is 5.56 Å². The van der Waals surface area contributed by atoms with Crippen LogP contribution in [-0.4, -0.2) is 12.5 Å². The first-order chi connectivity index (χ1) is 10.0. The summed E-state index contributed by atoms with van der Waals surface area (Å²) >= 11 is 7.28.